The van der Waals surface area contributed by atoms with Crippen molar-refractivity contribution >= 4 is 34.8 Å². The summed E-state index contributed by atoms with van der Waals surface area (Å²) >= 11 is 18.9. The summed E-state index contributed by atoms with van der Waals surface area (Å²) in [5.41, 5.74) is 3.45. The van der Waals surface area contributed by atoms with Gasteiger partial charge in [-0.15, -0.1) is 11.6 Å². The highest BCUT2D eigenvalue weighted by Gasteiger charge is 2.49. The zero-order valence-electron chi connectivity index (χ0n) is 12.1. The highest BCUT2D eigenvalue weighted by molar-refractivity contribution is 6.53. The molecule has 0 aliphatic heterocycles. The van der Waals surface area contributed by atoms with Crippen LogP contribution in [0.2, 0.25) is 0 Å². The Morgan fingerprint density at radius 2 is 1.65 bits per heavy atom. The Morgan fingerprint density at radius 1 is 1.00 bits per heavy atom. The molecule has 1 aliphatic rings. The lowest BCUT2D eigenvalue weighted by atomic mass is 9.81. The van der Waals surface area contributed by atoms with Gasteiger partial charge in [-0.2, -0.15) is 0 Å². The van der Waals surface area contributed by atoms with Crippen LogP contribution in [0.25, 0.3) is 0 Å². The van der Waals surface area contributed by atoms with E-state index in [1.807, 2.05) is 6.07 Å². The minimum Gasteiger partial charge on any atom is -0.114 e. The summed E-state index contributed by atoms with van der Waals surface area (Å²) in [5.74, 6) is 0. The summed E-state index contributed by atoms with van der Waals surface area (Å²) in [6, 6.07) is 6.23. The van der Waals surface area contributed by atoms with Crippen LogP contribution >= 0.6 is 34.8 Å². The Balaban J connectivity index is 1.80. The number of rotatable bonds is 8. The van der Waals surface area contributed by atoms with E-state index in [0.29, 0.717) is 0 Å². The number of alkyl halides is 3. The molecule has 0 spiro atoms. The van der Waals surface area contributed by atoms with Crippen LogP contribution < -0.4 is 0 Å². The van der Waals surface area contributed by atoms with Crippen molar-refractivity contribution in [3.63, 3.8) is 0 Å². The van der Waals surface area contributed by atoms with Gasteiger partial charge in [-0.3, -0.25) is 0 Å². The standard InChI is InChI=1S/C17H23Cl3/c1-2-3-4-5-6-7-8-10-13-11-9-12-14-15(13)17(19,20)16(14)18/h9,11-12,16H,2-8,10H2,1H3. The molecular formula is C17H23Cl3. The van der Waals surface area contributed by atoms with Crippen LogP contribution in [0.5, 0.6) is 0 Å². The summed E-state index contributed by atoms with van der Waals surface area (Å²) in [7, 11) is 0. The quantitative estimate of drug-likeness (QED) is 0.358. The second-order valence-corrected chi connectivity index (χ2v) is 7.56. The van der Waals surface area contributed by atoms with Crippen LogP contribution in [-0.4, -0.2) is 0 Å². The van der Waals surface area contributed by atoms with Crippen molar-refractivity contribution in [2.24, 2.45) is 0 Å². The number of unbranched alkanes of at least 4 members (excludes halogenated alkanes) is 6. The molecule has 0 N–H and O–H groups in total. The molecule has 1 aromatic carbocycles. The Hall–Kier alpha value is 0.0900. The topological polar surface area (TPSA) is 0 Å². The molecule has 0 nitrogen and oxygen atoms in total. The lowest BCUT2D eigenvalue weighted by Crippen LogP contribution is -2.32. The number of hydrogen-bond donors (Lipinski definition) is 0. The fourth-order valence-electron chi connectivity index (χ4n) is 2.96. The molecule has 112 valence electrons. The average molecular weight is 334 g/mol. The van der Waals surface area contributed by atoms with Gasteiger partial charge in [0.1, 0.15) is 0 Å². The van der Waals surface area contributed by atoms with Gasteiger partial charge in [0.05, 0.1) is 5.38 Å². The van der Waals surface area contributed by atoms with Gasteiger partial charge in [0.25, 0.3) is 0 Å². The molecule has 20 heavy (non-hydrogen) atoms. The van der Waals surface area contributed by atoms with Crippen molar-refractivity contribution in [1.82, 2.24) is 0 Å². The predicted molar refractivity (Wildman–Crippen MR) is 90.1 cm³/mol. The summed E-state index contributed by atoms with van der Waals surface area (Å²) < 4.78 is -0.894. The molecule has 3 heteroatoms. The van der Waals surface area contributed by atoms with Crippen molar-refractivity contribution in [2.45, 2.75) is 68.0 Å². The van der Waals surface area contributed by atoms with Gasteiger partial charge >= 0.3 is 0 Å². The first-order chi connectivity index (χ1) is 9.59. The van der Waals surface area contributed by atoms with E-state index >= 15 is 0 Å². The van der Waals surface area contributed by atoms with Crippen molar-refractivity contribution in [3.05, 3.63) is 34.9 Å². The van der Waals surface area contributed by atoms with E-state index in [1.165, 1.54) is 50.5 Å². The monoisotopic (exact) mass is 332 g/mol. The molecule has 0 aromatic heterocycles. The molecule has 1 unspecified atom stereocenters. The van der Waals surface area contributed by atoms with Crippen molar-refractivity contribution in [1.29, 1.82) is 0 Å². The minimum absolute atomic E-state index is 0.269. The maximum atomic E-state index is 6.32. The fraction of sp³-hybridized carbons (Fsp3) is 0.647. The predicted octanol–water partition coefficient (Wildman–Crippen LogP) is 6.90. The lowest BCUT2D eigenvalue weighted by Gasteiger charge is -2.40. The van der Waals surface area contributed by atoms with E-state index in [9.17, 15) is 0 Å². The van der Waals surface area contributed by atoms with Crippen molar-refractivity contribution < 1.29 is 0 Å². The van der Waals surface area contributed by atoms with E-state index in [2.05, 4.69) is 19.1 Å². The van der Waals surface area contributed by atoms with Gasteiger partial charge in [-0.1, -0.05) is 86.8 Å². The van der Waals surface area contributed by atoms with Gasteiger partial charge in [-0.25, -0.2) is 0 Å². The molecule has 0 fully saturated rings. The van der Waals surface area contributed by atoms with Crippen LogP contribution in [0.15, 0.2) is 18.2 Å². The minimum atomic E-state index is -0.894. The maximum Gasteiger partial charge on any atom is 0.164 e. The molecular weight excluding hydrogens is 311 g/mol. The average Bonchev–Trinajstić information content (AvgIpc) is 2.45. The molecule has 0 radical (unpaired) electrons. The second kappa shape index (κ2) is 7.38. The first-order valence-electron chi connectivity index (χ1n) is 7.73. The summed E-state index contributed by atoms with van der Waals surface area (Å²) in [5, 5.41) is -0.269. The number of fused-ring (bicyclic) bond motifs is 1. The summed E-state index contributed by atoms with van der Waals surface area (Å²) in [4.78, 5) is 0. The Bertz CT molecular complexity index is 440. The van der Waals surface area contributed by atoms with Crippen LogP contribution in [0.3, 0.4) is 0 Å². The van der Waals surface area contributed by atoms with E-state index in [-0.39, 0.29) is 5.38 Å². The van der Waals surface area contributed by atoms with E-state index < -0.39 is 4.33 Å². The van der Waals surface area contributed by atoms with Crippen molar-refractivity contribution in [2.75, 3.05) is 0 Å². The molecule has 0 heterocycles. The largest absolute Gasteiger partial charge is 0.164 e. The zero-order chi connectivity index (χ0) is 14.6. The molecule has 1 aromatic rings. The number of hydrogen-bond acceptors (Lipinski definition) is 0. The van der Waals surface area contributed by atoms with E-state index in [1.54, 1.807) is 0 Å². The fourth-order valence-corrected chi connectivity index (χ4v) is 3.95. The number of benzene rings is 1. The molecule has 1 aliphatic carbocycles. The third-order valence-electron chi connectivity index (χ3n) is 4.16. The van der Waals surface area contributed by atoms with Crippen LogP contribution in [0, 0.1) is 0 Å². The Labute approximate surface area is 137 Å². The SMILES string of the molecule is CCCCCCCCCc1cccc2c1C(Cl)(Cl)C2Cl. The zero-order valence-corrected chi connectivity index (χ0v) is 14.4. The maximum absolute atomic E-state index is 6.32. The highest BCUT2D eigenvalue weighted by atomic mass is 35.5. The molecule has 0 saturated heterocycles. The third kappa shape index (κ3) is 3.46. The third-order valence-corrected chi connectivity index (χ3v) is 5.76. The van der Waals surface area contributed by atoms with Gasteiger partial charge in [0.15, 0.2) is 4.33 Å². The van der Waals surface area contributed by atoms with Gasteiger partial charge < -0.3 is 0 Å². The number of aryl methyl sites for hydroxylation is 1. The molecule has 1 atom stereocenters. The second-order valence-electron chi connectivity index (χ2n) is 5.74. The number of halogens is 3. The molecule has 2 rings (SSSR count). The molecule has 0 saturated carbocycles. The first-order valence-corrected chi connectivity index (χ1v) is 8.92. The van der Waals surface area contributed by atoms with Crippen LogP contribution in [0.4, 0.5) is 0 Å². The van der Waals surface area contributed by atoms with E-state index in [4.69, 9.17) is 34.8 Å². The smallest absolute Gasteiger partial charge is 0.114 e. The molecule has 0 bridgehead atoms. The highest BCUT2D eigenvalue weighted by Crippen LogP contribution is 2.60. The van der Waals surface area contributed by atoms with Crippen LogP contribution in [-0.2, 0) is 10.8 Å². The van der Waals surface area contributed by atoms with Gasteiger partial charge in [0, 0.05) is 0 Å². The summed E-state index contributed by atoms with van der Waals surface area (Å²) in [6.45, 7) is 2.25. The van der Waals surface area contributed by atoms with Crippen molar-refractivity contribution in [3.8, 4) is 0 Å². The normalized spacial score (nSPS) is 19.5. The Morgan fingerprint density at radius 3 is 2.35 bits per heavy atom. The Kier molecular flexibility index (Phi) is 6.08. The van der Waals surface area contributed by atoms with Gasteiger partial charge in [-0.05, 0) is 29.5 Å². The molecule has 0 amide bonds. The lowest BCUT2D eigenvalue weighted by molar-refractivity contribution is 0.585. The van der Waals surface area contributed by atoms with Gasteiger partial charge in [0.2, 0.25) is 0 Å². The van der Waals surface area contributed by atoms with Crippen LogP contribution in [0.1, 0.15) is 73.9 Å². The van der Waals surface area contributed by atoms with E-state index in [0.717, 1.165) is 17.5 Å². The summed E-state index contributed by atoms with van der Waals surface area (Å²) in [6.07, 6.45) is 10.3. The first kappa shape index (κ1) is 16.5.